The van der Waals surface area contributed by atoms with Crippen molar-refractivity contribution in [1.29, 1.82) is 0 Å². The number of alkyl carbamates (subject to hydrolysis) is 1. The fourth-order valence-electron chi connectivity index (χ4n) is 3.93. The molecular formula is C26H32Cl2N4O5. The molecule has 0 aliphatic carbocycles. The Morgan fingerprint density at radius 3 is 2.16 bits per heavy atom. The molecule has 4 N–H and O–H groups in total. The summed E-state index contributed by atoms with van der Waals surface area (Å²) < 4.78 is 5.13. The lowest BCUT2D eigenvalue weighted by molar-refractivity contribution is -0.119. The molecule has 1 heterocycles. The number of benzene rings is 2. The zero-order valence-corrected chi connectivity index (χ0v) is 22.5. The number of urea groups is 1. The van der Waals surface area contributed by atoms with Crippen LogP contribution in [-0.4, -0.2) is 59.4 Å². The lowest BCUT2D eigenvalue weighted by Gasteiger charge is -2.32. The smallest absolute Gasteiger partial charge is 0.408 e. The van der Waals surface area contributed by atoms with E-state index in [2.05, 4.69) is 16.0 Å². The molecule has 1 unspecified atom stereocenters. The van der Waals surface area contributed by atoms with Gasteiger partial charge in [0.15, 0.2) is 0 Å². The van der Waals surface area contributed by atoms with Crippen LogP contribution in [0.15, 0.2) is 42.5 Å². The second-order valence-corrected chi connectivity index (χ2v) is 10.6. The number of ether oxygens (including phenoxy) is 1. The summed E-state index contributed by atoms with van der Waals surface area (Å²) in [5.74, 6) is -0.296. The Morgan fingerprint density at radius 2 is 1.62 bits per heavy atom. The standard InChI is InChI=1S/C26H32Cl2N4O5/c1-26(2,3)37-25(36)30-21(15-33)23(34)29-18-9-7-16(8-10-18)17-11-13-32(14-12-17)24(35)31-22-19(27)5-4-6-20(22)28/h4-10,17,21,33H,11-15H2,1-3H3,(H,29,34)(H,30,36)(H,31,35). The van der Waals surface area contributed by atoms with Crippen molar-refractivity contribution in [2.75, 3.05) is 30.3 Å². The van der Waals surface area contributed by atoms with E-state index in [1.807, 2.05) is 12.1 Å². The number of hydrogen-bond acceptors (Lipinski definition) is 5. The summed E-state index contributed by atoms with van der Waals surface area (Å²) in [5, 5.41) is 18.2. The Morgan fingerprint density at radius 1 is 1.03 bits per heavy atom. The second-order valence-electron chi connectivity index (χ2n) is 9.78. The second kappa shape index (κ2) is 12.5. The van der Waals surface area contributed by atoms with Gasteiger partial charge in [-0.2, -0.15) is 0 Å². The van der Waals surface area contributed by atoms with Gasteiger partial charge < -0.3 is 30.7 Å². The van der Waals surface area contributed by atoms with E-state index in [9.17, 15) is 19.5 Å². The molecule has 1 aliphatic heterocycles. The highest BCUT2D eigenvalue weighted by Crippen LogP contribution is 2.32. The van der Waals surface area contributed by atoms with E-state index >= 15 is 0 Å². The quantitative estimate of drug-likeness (QED) is 0.392. The van der Waals surface area contributed by atoms with E-state index in [1.54, 1.807) is 56.0 Å². The minimum absolute atomic E-state index is 0.245. The number of nitrogens with one attached hydrogen (secondary N) is 3. The Labute approximate surface area is 226 Å². The molecule has 0 spiro atoms. The Kier molecular flexibility index (Phi) is 9.64. The van der Waals surface area contributed by atoms with Crippen LogP contribution in [-0.2, 0) is 9.53 Å². The van der Waals surface area contributed by atoms with Crippen LogP contribution >= 0.6 is 23.2 Å². The molecule has 1 aliphatic rings. The Bertz CT molecular complexity index is 1090. The highest BCUT2D eigenvalue weighted by atomic mass is 35.5. The third-order valence-electron chi connectivity index (χ3n) is 5.82. The fraction of sp³-hybridized carbons (Fsp3) is 0.423. The van der Waals surface area contributed by atoms with E-state index in [4.69, 9.17) is 27.9 Å². The summed E-state index contributed by atoms with van der Waals surface area (Å²) >= 11 is 12.3. The third kappa shape index (κ3) is 8.24. The van der Waals surface area contributed by atoms with Crippen molar-refractivity contribution in [3.05, 3.63) is 58.1 Å². The number of nitrogens with zero attached hydrogens (tertiary/aromatic N) is 1. The van der Waals surface area contributed by atoms with Crippen LogP contribution in [0, 0.1) is 0 Å². The van der Waals surface area contributed by atoms with Gasteiger partial charge in [-0.3, -0.25) is 4.79 Å². The van der Waals surface area contributed by atoms with E-state index in [1.165, 1.54) is 0 Å². The van der Waals surface area contributed by atoms with Gasteiger partial charge >= 0.3 is 12.1 Å². The van der Waals surface area contributed by atoms with Crippen LogP contribution < -0.4 is 16.0 Å². The number of anilines is 2. The van der Waals surface area contributed by atoms with Gasteiger partial charge in [0.25, 0.3) is 0 Å². The molecule has 1 saturated heterocycles. The minimum Gasteiger partial charge on any atom is -0.444 e. The molecule has 3 rings (SSSR count). The monoisotopic (exact) mass is 550 g/mol. The Hall–Kier alpha value is -3.01. The molecule has 11 heteroatoms. The fourth-order valence-corrected chi connectivity index (χ4v) is 4.42. The molecule has 4 amide bonds. The first-order chi connectivity index (χ1) is 17.5. The zero-order chi connectivity index (χ0) is 27.2. The summed E-state index contributed by atoms with van der Waals surface area (Å²) in [6.45, 7) is 5.70. The number of likely N-dealkylation sites (tertiary alicyclic amines) is 1. The van der Waals surface area contributed by atoms with Gasteiger partial charge in [-0.05, 0) is 69.4 Å². The summed E-state index contributed by atoms with van der Waals surface area (Å²) in [5.41, 5.74) is 1.31. The summed E-state index contributed by atoms with van der Waals surface area (Å²) in [6, 6.07) is 11.1. The largest absolute Gasteiger partial charge is 0.444 e. The number of carbonyl (C=O) groups is 3. The SMILES string of the molecule is CC(C)(C)OC(=O)NC(CO)C(=O)Nc1ccc(C2CCN(C(=O)Nc3c(Cl)cccc3Cl)CC2)cc1. The number of piperidine rings is 1. The van der Waals surface area contributed by atoms with E-state index in [0.29, 0.717) is 34.5 Å². The van der Waals surface area contributed by atoms with Crippen molar-refractivity contribution < 1.29 is 24.2 Å². The average molecular weight is 551 g/mol. The van der Waals surface area contributed by atoms with E-state index in [-0.39, 0.29) is 11.9 Å². The molecule has 1 atom stereocenters. The van der Waals surface area contributed by atoms with Gasteiger partial charge in [0.05, 0.1) is 22.3 Å². The molecular weight excluding hydrogens is 519 g/mol. The molecule has 200 valence electrons. The van der Waals surface area contributed by atoms with Gasteiger partial charge in [-0.1, -0.05) is 41.4 Å². The van der Waals surface area contributed by atoms with Crippen molar-refractivity contribution in [3.63, 3.8) is 0 Å². The lowest BCUT2D eigenvalue weighted by atomic mass is 9.89. The third-order valence-corrected chi connectivity index (χ3v) is 6.45. The number of para-hydroxylation sites is 1. The normalized spacial score (nSPS) is 15.0. The van der Waals surface area contributed by atoms with Crippen molar-refractivity contribution in [1.82, 2.24) is 10.2 Å². The molecule has 2 aromatic carbocycles. The van der Waals surface area contributed by atoms with Crippen molar-refractivity contribution in [3.8, 4) is 0 Å². The van der Waals surface area contributed by atoms with Gasteiger partial charge in [0.2, 0.25) is 5.91 Å². The first-order valence-electron chi connectivity index (χ1n) is 12.0. The van der Waals surface area contributed by atoms with Crippen molar-refractivity contribution in [2.45, 2.75) is 51.2 Å². The van der Waals surface area contributed by atoms with Crippen LogP contribution in [0.1, 0.15) is 45.1 Å². The number of carbonyl (C=O) groups excluding carboxylic acids is 3. The van der Waals surface area contributed by atoms with Crippen LogP contribution in [0.5, 0.6) is 0 Å². The maximum Gasteiger partial charge on any atom is 0.408 e. The van der Waals surface area contributed by atoms with Crippen LogP contribution in [0.4, 0.5) is 21.0 Å². The maximum absolute atomic E-state index is 12.7. The van der Waals surface area contributed by atoms with Gasteiger partial charge in [0, 0.05) is 18.8 Å². The summed E-state index contributed by atoms with van der Waals surface area (Å²) in [7, 11) is 0. The highest BCUT2D eigenvalue weighted by molar-refractivity contribution is 6.39. The summed E-state index contributed by atoms with van der Waals surface area (Å²) in [4.78, 5) is 38.8. The number of halogens is 2. The van der Waals surface area contributed by atoms with Crippen LogP contribution in [0.3, 0.4) is 0 Å². The van der Waals surface area contributed by atoms with Crippen LogP contribution in [0.25, 0.3) is 0 Å². The average Bonchev–Trinajstić information content (AvgIpc) is 2.84. The molecule has 1 fully saturated rings. The van der Waals surface area contributed by atoms with Crippen molar-refractivity contribution in [2.24, 2.45) is 0 Å². The molecule has 0 saturated carbocycles. The van der Waals surface area contributed by atoms with Crippen LogP contribution in [0.2, 0.25) is 10.0 Å². The number of hydrogen-bond donors (Lipinski definition) is 4. The number of aliphatic hydroxyl groups excluding tert-OH is 1. The van der Waals surface area contributed by atoms with E-state index in [0.717, 1.165) is 18.4 Å². The molecule has 0 aromatic heterocycles. The molecule has 2 aromatic rings. The minimum atomic E-state index is -1.15. The molecule has 0 bridgehead atoms. The lowest BCUT2D eigenvalue weighted by Crippen LogP contribution is -2.47. The first-order valence-corrected chi connectivity index (χ1v) is 12.7. The number of aliphatic hydroxyl groups is 1. The maximum atomic E-state index is 12.7. The molecule has 0 radical (unpaired) electrons. The van der Waals surface area contributed by atoms with Crippen molar-refractivity contribution >= 4 is 52.6 Å². The predicted octanol–water partition coefficient (Wildman–Crippen LogP) is 5.23. The molecule has 37 heavy (non-hydrogen) atoms. The van der Waals surface area contributed by atoms with Gasteiger partial charge in [-0.25, -0.2) is 9.59 Å². The first kappa shape index (κ1) is 28.6. The van der Waals surface area contributed by atoms with Gasteiger partial charge in [-0.15, -0.1) is 0 Å². The topological polar surface area (TPSA) is 120 Å². The van der Waals surface area contributed by atoms with Gasteiger partial charge in [0.1, 0.15) is 11.6 Å². The Balaban J connectivity index is 1.51. The van der Waals surface area contributed by atoms with E-state index < -0.39 is 30.3 Å². The predicted molar refractivity (Wildman–Crippen MR) is 144 cm³/mol. The zero-order valence-electron chi connectivity index (χ0n) is 21.0. The summed E-state index contributed by atoms with van der Waals surface area (Å²) in [6.07, 6.45) is 0.774. The highest BCUT2D eigenvalue weighted by Gasteiger charge is 2.26. The number of rotatable bonds is 6. The molecule has 9 nitrogen and oxygen atoms in total. The number of amides is 4.